The highest BCUT2D eigenvalue weighted by Crippen LogP contribution is 2.10. The Morgan fingerprint density at radius 1 is 1.18 bits per heavy atom. The summed E-state index contributed by atoms with van der Waals surface area (Å²) < 4.78 is 4.83. The van der Waals surface area contributed by atoms with E-state index in [-0.39, 0.29) is 18.4 Å². The van der Waals surface area contributed by atoms with Crippen molar-refractivity contribution in [3.8, 4) is 0 Å². The minimum absolute atomic E-state index is 0.0150. The minimum Gasteiger partial charge on any atom is -0.465 e. The molecule has 0 saturated carbocycles. The molecule has 1 rings (SSSR count). The van der Waals surface area contributed by atoms with Gasteiger partial charge in [0.1, 0.15) is 6.54 Å². The molecule has 1 N–H and O–H groups in total. The Labute approximate surface area is 135 Å². The summed E-state index contributed by atoms with van der Waals surface area (Å²) in [6.45, 7) is 8.96. The van der Waals surface area contributed by atoms with E-state index in [9.17, 15) is 9.59 Å². The number of esters is 1. The number of likely N-dealkylation sites (N-methyl/N-ethyl adjacent to an activating group) is 1. The standard InChI is InChI=1S/C14H27N3O3.C2H6/c1-4-20-14(19)11-17(3)13(18)7-10-16(2)12-5-8-15-9-6-12;1-2/h12,15H,4-11H2,1-3H3;1-2H3. The molecule has 0 aromatic rings. The number of nitrogens with one attached hydrogen (secondary N) is 1. The van der Waals surface area contributed by atoms with Crippen molar-refractivity contribution in [2.75, 3.05) is 46.9 Å². The number of hydrogen-bond donors (Lipinski definition) is 1. The molecule has 1 aliphatic rings. The lowest BCUT2D eigenvalue weighted by atomic mass is 10.1. The van der Waals surface area contributed by atoms with Crippen molar-refractivity contribution in [2.24, 2.45) is 0 Å². The normalized spacial score (nSPS) is 15.0. The van der Waals surface area contributed by atoms with Crippen LogP contribution in [-0.4, -0.2) is 74.6 Å². The van der Waals surface area contributed by atoms with Gasteiger partial charge in [-0.2, -0.15) is 0 Å². The quantitative estimate of drug-likeness (QED) is 0.713. The van der Waals surface area contributed by atoms with Gasteiger partial charge >= 0.3 is 5.97 Å². The molecular formula is C16H33N3O3. The Kier molecular flexibility index (Phi) is 11.8. The number of carbonyl (C=O) groups excluding carboxylic acids is 2. The van der Waals surface area contributed by atoms with Crippen molar-refractivity contribution < 1.29 is 14.3 Å². The summed E-state index contributed by atoms with van der Waals surface area (Å²) in [5.74, 6) is -0.367. The number of piperidine rings is 1. The topological polar surface area (TPSA) is 61.9 Å². The molecule has 0 atom stereocenters. The molecule has 0 bridgehead atoms. The van der Waals surface area contributed by atoms with Crippen LogP contribution in [0.5, 0.6) is 0 Å². The molecule has 0 aromatic carbocycles. The first-order valence-corrected chi connectivity index (χ1v) is 8.35. The van der Waals surface area contributed by atoms with Gasteiger partial charge in [-0.1, -0.05) is 13.8 Å². The van der Waals surface area contributed by atoms with Crippen LogP contribution >= 0.6 is 0 Å². The fraction of sp³-hybridized carbons (Fsp3) is 0.875. The van der Waals surface area contributed by atoms with E-state index in [1.165, 1.54) is 4.90 Å². The maximum absolute atomic E-state index is 11.9. The third-order valence-corrected chi connectivity index (χ3v) is 3.71. The first kappa shape index (κ1) is 20.9. The van der Waals surface area contributed by atoms with Crippen molar-refractivity contribution in [1.29, 1.82) is 0 Å². The van der Waals surface area contributed by atoms with Crippen LogP contribution in [0, 0.1) is 0 Å². The Balaban J connectivity index is 0.00000211. The van der Waals surface area contributed by atoms with E-state index in [2.05, 4.69) is 17.3 Å². The summed E-state index contributed by atoms with van der Waals surface area (Å²) in [5, 5.41) is 3.33. The molecule has 0 aromatic heterocycles. The fourth-order valence-corrected chi connectivity index (χ4v) is 2.38. The van der Waals surface area contributed by atoms with Crippen LogP contribution < -0.4 is 5.32 Å². The maximum Gasteiger partial charge on any atom is 0.325 e. The van der Waals surface area contributed by atoms with E-state index in [4.69, 9.17) is 4.74 Å². The lowest BCUT2D eigenvalue weighted by Gasteiger charge is -2.31. The van der Waals surface area contributed by atoms with Crippen molar-refractivity contribution in [1.82, 2.24) is 15.1 Å². The number of hydrogen-bond acceptors (Lipinski definition) is 5. The molecule has 1 amide bonds. The summed E-state index contributed by atoms with van der Waals surface area (Å²) in [4.78, 5) is 26.9. The van der Waals surface area contributed by atoms with Gasteiger partial charge in [-0.3, -0.25) is 9.59 Å². The zero-order valence-corrected chi connectivity index (χ0v) is 14.9. The van der Waals surface area contributed by atoms with Gasteiger partial charge in [-0.25, -0.2) is 0 Å². The Hall–Kier alpha value is -1.14. The Morgan fingerprint density at radius 3 is 2.32 bits per heavy atom. The molecule has 1 saturated heterocycles. The number of carbonyl (C=O) groups is 2. The van der Waals surface area contributed by atoms with Crippen molar-refractivity contribution in [3.63, 3.8) is 0 Å². The lowest BCUT2D eigenvalue weighted by Crippen LogP contribution is -2.42. The van der Waals surface area contributed by atoms with Crippen LogP contribution in [0.15, 0.2) is 0 Å². The lowest BCUT2D eigenvalue weighted by molar-refractivity contribution is -0.148. The summed E-state index contributed by atoms with van der Waals surface area (Å²) in [6.07, 6.45) is 2.70. The van der Waals surface area contributed by atoms with Crippen LogP contribution in [-0.2, 0) is 14.3 Å². The van der Waals surface area contributed by atoms with Crippen LogP contribution in [0.25, 0.3) is 0 Å². The van der Waals surface area contributed by atoms with Gasteiger partial charge in [0.15, 0.2) is 0 Å². The minimum atomic E-state index is -0.352. The third kappa shape index (κ3) is 8.34. The predicted molar refractivity (Wildman–Crippen MR) is 88.8 cm³/mol. The maximum atomic E-state index is 11.9. The number of ether oxygens (including phenoxy) is 1. The first-order valence-electron chi connectivity index (χ1n) is 8.35. The third-order valence-electron chi connectivity index (χ3n) is 3.71. The number of amides is 1. The second-order valence-electron chi connectivity index (χ2n) is 5.27. The molecule has 0 spiro atoms. The van der Waals surface area contributed by atoms with Gasteiger partial charge in [-0.15, -0.1) is 0 Å². The van der Waals surface area contributed by atoms with Crippen LogP contribution in [0.3, 0.4) is 0 Å². The van der Waals surface area contributed by atoms with E-state index in [1.807, 2.05) is 13.8 Å². The molecule has 6 heteroatoms. The summed E-state index contributed by atoms with van der Waals surface area (Å²) in [7, 11) is 3.71. The van der Waals surface area contributed by atoms with E-state index in [1.54, 1.807) is 14.0 Å². The monoisotopic (exact) mass is 315 g/mol. The average molecular weight is 315 g/mol. The summed E-state index contributed by atoms with van der Waals surface area (Å²) >= 11 is 0. The molecule has 1 fully saturated rings. The largest absolute Gasteiger partial charge is 0.465 e. The second-order valence-corrected chi connectivity index (χ2v) is 5.27. The highest BCUT2D eigenvalue weighted by atomic mass is 16.5. The van der Waals surface area contributed by atoms with Crippen LogP contribution in [0.1, 0.15) is 40.0 Å². The predicted octanol–water partition coefficient (Wildman–Crippen LogP) is 1.11. The first-order chi connectivity index (χ1) is 10.5. The summed E-state index contributed by atoms with van der Waals surface area (Å²) in [5.41, 5.74) is 0. The molecule has 0 radical (unpaired) electrons. The molecule has 1 aliphatic heterocycles. The molecule has 0 aliphatic carbocycles. The van der Waals surface area contributed by atoms with Gasteiger partial charge in [0.2, 0.25) is 5.91 Å². The van der Waals surface area contributed by atoms with E-state index >= 15 is 0 Å². The SMILES string of the molecule is CC.CCOC(=O)CN(C)C(=O)CCN(C)C1CCNCC1. The zero-order valence-electron chi connectivity index (χ0n) is 14.9. The molecule has 0 unspecified atom stereocenters. The van der Waals surface area contributed by atoms with Crippen LogP contribution in [0.2, 0.25) is 0 Å². The molecule has 130 valence electrons. The Bertz CT molecular complexity index is 318. The van der Waals surface area contributed by atoms with Crippen molar-refractivity contribution >= 4 is 11.9 Å². The van der Waals surface area contributed by atoms with Gasteiger partial charge in [0, 0.05) is 26.1 Å². The van der Waals surface area contributed by atoms with Crippen LogP contribution in [0.4, 0.5) is 0 Å². The van der Waals surface area contributed by atoms with Gasteiger partial charge in [0.25, 0.3) is 0 Å². The van der Waals surface area contributed by atoms with Gasteiger partial charge < -0.3 is 19.9 Å². The number of rotatable bonds is 7. The Morgan fingerprint density at radius 2 is 1.77 bits per heavy atom. The summed E-state index contributed by atoms with van der Waals surface area (Å²) in [6, 6.07) is 0.555. The van der Waals surface area contributed by atoms with E-state index < -0.39 is 0 Å². The van der Waals surface area contributed by atoms with Crippen molar-refractivity contribution in [2.45, 2.75) is 46.1 Å². The smallest absolute Gasteiger partial charge is 0.325 e. The average Bonchev–Trinajstić information content (AvgIpc) is 2.55. The molecule has 1 heterocycles. The second kappa shape index (κ2) is 12.4. The highest BCUT2D eigenvalue weighted by molar-refractivity contribution is 5.81. The molecule has 22 heavy (non-hydrogen) atoms. The van der Waals surface area contributed by atoms with Gasteiger partial charge in [-0.05, 0) is 39.9 Å². The van der Waals surface area contributed by atoms with Gasteiger partial charge in [0.05, 0.1) is 6.61 Å². The van der Waals surface area contributed by atoms with E-state index in [0.29, 0.717) is 19.1 Å². The van der Waals surface area contributed by atoms with E-state index in [0.717, 1.165) is 32.5 Å². The molecular weight excluding hydrogens is 282 g/mol. The number of nitrogens with zero attached hydrogens (tertiary/aromatic N) is 2. The highest BCUT2D eigenvalue weighted by Gasteiger charge is 2.19. The fourth-order valence-electron chi connectivity index (χ4n) is 2.38. The van der Waals surface area contributed by atoms with Crippen molar-refractivity contribution in [3.05, 3.63) is 0 Å². The molecule has 6 nitrogen and oxygen atoms in total. The zero-order chi connectivity index (χ0) is 17.0.